The van der Waals surface area contributed by atoms with Crippen LogP contribution < -0.4 is 14.8 Å². The molecule has 5 rings (SSSR count). The number of nitrogens with zero attached hydrogens (tertiary/aromatic N) is 2. The predicted octanol–water partition coefficient (Wildman–Crippen LogP) is 3.15. The van der Waals surface area contributed by atoms with Gasteiger partial charge in [0, 0.05) is 56.8 Å². The number of rotatable bonds is 10. The molecule has 252 valence electrons. The number of benzene rings is 3. The lowest BCUT2D eigenvalue weighted by molar-refractivity contribution is -0.456. The van der Waals surface area contributed by atoms with Gasteiger partial charge in [0.2, 0.25) is 5.71 Å². The lowest BCUT2D eigenvalue weighted by atomic mass is 9.67. The molecule has 1 aliphatic heterocycles. The van der Waals surface area contributed by atoms with Crippen molar-refractivity contribution in [3.63, 3.8) is 0 Å². The Morgan fingerprint density at radius 1 is 0.957 bits per heavy atom. The fourth-order valence-corrected chi connectivity index (χ4v) is 6.88. The molecule has 0 atom stereocenters. The van der Waals surface area contributed by atoms with Crippen molar-refractivity contribution < 1.29 is 40.5 Å². The number of unbranched alkanes of at least 4 members (excludes halogenated alkanes) is 2. The van der Waals surface area contributed by atoms with Crippen LogP contribution >= 0.6 is 0 Å². The van der Waals surface area contributed by atoms with Crippen molar-refractivity contribution in [2.24, 2.45) is 0 Å². The van der Waals surface area contributed by atoms with E-state index in [0.29, 0.717) is 13.0 Å². The monoisotopic (exact) mass is 684 g/mol. The number of hydrogen-bond acceptors (Lipinski definition) is 8. The van der Waals surface area contributed by atoms with Gasteiger partial charge in [-0.25, -0.2) is 4.99 Å². The summed E-state index contributed by atoms with van der Waals surface area (Å²) in [6.07, 6.45) is 4.65. The third-order valence-corrected chi connectivity index (χ3v) is 9.67. The van der Waals surface area contributed by atoms with Gasteiger partial charge in [-0.05, 0) is 90.4 Å². The summed E-state index contributed by atoms with van der Waals surface area (Å²) in [4.78, 5) is 19.1. The second-order valence-electron chi connectivity index (χ2n) is 12.6. The van der Waals surface area contributed by atoms with E-state index in [4.69, 9.17) is 17.7 Å². The maximum atomic E-state index is 11.5. The normalized spacial score (nSPS) is 15.5. The first-order valence-corrected chi connectivity index (χ1v) is 17.9. The average Bonchev–Trinajstić information content (AvgIpc) is 2.99. The van der Waals surface area contributed by atoms with Crippen LogP contribution in [-0.4, -0.2) is 69.6 Å². The van der Waals surface area contributed by atoms with Crippen LogP contribution in [-0.2, 0) is 43.9 Å². The van der Waals surface area contributed by atoms with Crippen LogP contribution in [0.4, 0.5) is 11.4 Å². The maximum Gasteiger partial charge on any atom is 0.425 e. The third kappa shape index (κ3) is 8.65. The SMILES string of the molecule is CN(C)c1ccc2c(c1)C(C)(C)c1cc3c(cc1C2=[NH+]CCCCCC(=O)O)CCCN3Cc1ccc(S(=O)(=O)O)cc1.O=S(=O)=O. The first kappa shape index (κ1) is 35.8. The van der Waals surface area contributed by atoms with Gasteiger partial charge in [-0.1, -0.05) is 26.0 Å². The van der Waals surface area contributed by atoms with Gasteiger partial charge >= 0.3 is 16.6 Å². The predicted molar refractivity (Wildman–Crippen MR) is 180 cm³/mol. The summed E-state index contributed by atoms with van der Waals surface area (Å²) in [6.45, 7) is 6.90. The van der Waals surface area contributed by atoms with E-state index < -0.39 is 26.7 Å². The van der Waals surface area contributed by atoms with Crippen LogP contribution in [0.25, 0.3) is 0 Å². The Kier molecular flexibility index (Phi) is 11.3. The maximum absolute atomic E-state index is 11.5. The van der Waals surface area contributed by atoms with Crippen LogP contribution in [0.5, 0.6) is 0 Å². The Bertz CT molecular complexity index is 1880. The standard InChI is InChI=1S/C34H41N3O5S.O3S/c1-34(2)29-20-25(36(3)4)13-16-27(29)33(35-17-7-5-6-10-32(38)39)28-19-24-9-8-18-37(31(24)21-30(28)34)22-23-11-14-26(15-12-23)43(40,41)42;1-4(2)3/h11-16,19-21H,5-10,17-18,22H2,1-4H3,(H,38,39)(H,40,41,42);/p+1. The summed E-state index contributed by atoms with van der Waals surface area (Å²) in [5.74, 6) is -0.745. The first-order valence-electron chi connectivity index (χ1n) is 15.5. The molecule has 47 heavy (non-hydrogen) atoms. The van der Waals surface area contributed by atoms with Crippen molar-refractivity contribution >= 4 is 43.8 Å². The van der Waals surface area contributed by atoms with Crippen LogP contribution in [0.15, 0.2) is 59.5 Å². The Balaban J connectivity index is 0.00000118. The number of nitrogens with one attached hydrogen (secondary N) is 1. The minimum atomic E-state index is -4.23. The number of aliphatic carboxylic acids is 1. The smallest absolute Gasteiger partial charge is 0.425 e. The lowest BCUT2D eigenvalue weighted by Gasteiger charge is -2.38. The van der Waals surface area contributed by atoms with E-state index in [1.807, 2.05) is 0 Å². The zero-order chi connectivity index (χ0) is 34.5. The molecule has 1 aliphatic carbocycles. The molecule has 11 nitrogen and oxygen atoms in total. The minimum absolute atomic E-state index is 0.0978. The van der Waals surface area contributed by atoms with Gasteiger partial charge in [0.25, 0.3) is 10.1 Å². The molecule has 3 N–H and O–H groups in total. The van der Waals surface area contributed by atoms with Crippen molar-refractivity contribution in [1.29, 1.82) is 0 Å². The highest BCUT2D eigenvalue weighted by molar-refractivity contribution is 7.85. The minimum Gasteiger partial charge on any atom is -0.481 e. The molecule has 3 aromatic rings. The molecule has 3 aromatic carbocycles. The highest BCUT2D eigenvalue weighted by atomic mass is 32.2. The lowest BCUT2D eigenvalue weighted by Crippen LogP contribution is -2.74. The number of carboxylic acids is 1. The van der Waals surface area contributed by atoms with E-state index in [2.05, 4.69) is 73.1 Å². The largest absolute Gasteiger partial charge is 0.481 e. The molecule has 1 heterocycles. The average molecular weight is 685 g/mol. The summed E-state index contributed by atoms with van der Waals surface area (Å²) in [5, 5.41) is 8.98. The molecule has 0 amide bonds. The number of carboxylic acid groups (broad SMARTS) is 1. The Morgan fingerprint density at radius 2 is 1.62 bits per heavy atom. The van der Waals surface area contributed by atoms with Crippen molar-refractivity contribution in [2.45, 2.75) is 69.2 Å². The van der Waals surface area contributed by atoms with Gasteiger partial charge in [0.1, 0.15) is 6.54 Å². The fourth-order valence-electron chi connectivity index (χ4n) is 6.40. The van der Waals surface area contributed by atoms with Crippen LogP contribution in [0.1, 0.15) is 79.3 Å². The van der Waals surface area contributed by atoms with Crippen molar-refractivity contribution in [1.82, 2.24) is 0 Å². The first-order chi connectivity index (χ1) is 22.1. The van der Waals surface area contributed by atoms with Crippen LogP contribution in [0.2, 0.25) is 0 Å². The summed E-state index contributed by atoms with van der Waals surface area (Å²) in [7, 11) is -3.22. The van der Waals surface area contributed by atoms with Crippen molar-refractivity contribution in [3.05, 3.63) is 88.0 Å². The summed E-state index contributed by atoms with van der Waals surface area (Å²) >= 11 is 0. The van der Waals surface area contributed by atoms with Crippen LogP contribution in [0, 0.1) is 0 Å². The molecule has 0 radical (unpaired) electrons. The zero-order valence-electron chi connectivity index (χ0n) is 27.1. The second-order valence-corrected chi connectivity index (χ2v) is 14.5. The number of hydrogen-bond donors (Lipinski definition) is 3. The number of fused-ring (bicyclic) bond motifs is 3. The molecular weight excluding hydrogens is 643 g/mol. The number of carbonyl (C=O) groups is 1. The number of anilines is 2. The Hall–Kier alpha value is -4.07. The van der Waals surface area contributed by atoms with Gasteiger partial charge in [-0.2, -0.15) is 8.42 Å². The van der Waals surface area contributed by atoms with E-state index in [1.54, 1.807) is 12.1 Å². The molecular formula is C34H42N3O8S2+. The highest BCUT2D eigenvalue weighted by Crippen LogP contribution is 2.45. The van der Waals surface area contributed by atoms with Gasteiger partial charge < -0.3 is 14.9 Å². The van der Waals surface area contributed by atoms with Crippen LogP contribution in [0.3, 0.4) is 0 Å². The van der Waals surface area contributed by atoms with Gasteiger partial charge in [-0.3, -0.25) is 9.35 Å². The highest BCUT2D eigenvalue weighted by Gasteiger charge is 2.40. The van der Waals surface area contributed by atoms with Gasteiger partial charge in [0.15, 0.2) is 0 Å². The molecule has 0 aromatic heterocycles. The van der Waals surface area contributed by atoms with Crippen molar-refractivity contribution in [2.75, 3.05) is 37.0 Å². The molecule has 0 saturated heterocycles. The molecule has 0 fully saturated rings. The molecule has 0 saturated carbocycles. The quantitative estimate of drug-likeness (QED) is 0.214. The summed E-state index contributed by atoms with van der Waals surface area (Å²) in [5.41, 5.74) is 10.5. The van der Waals surface area contributed by atoms with E-state index in [0.717, 1.165) is 55.7 Å². The zero-order valence-corrected chi connectivity index (χ0v) is 28.7. The summed E-state index contributed by atoms with van der Waals surface area (Å²) < 4.78 is 57.7. The van der Waals surface area contributed by atoms with E-state index in [9.17, 15) is 17.8 Å². The molecule has 13 heteroatoms. The Labute approximate surface area is 277 Å². The topological polar surface area (TPSA) is 163 Å². The van der Waals surface area contributed by atoms with E-state index >= 15 is 0 Å². The molecule has 0 spiro atoms. The van der Waals surface area contributed by atoms with Gasteiger partial charge in [-0.15, -0.1) is 12.6 Å². The fraction of sp³-hybridized carbons (Fsp3) is 0.412. The molecule has 0 bridgehead atoms. The molecule has 0 unspecified atom stereocenters. The van der Waals surface area contributed by atoms with Crippen molar-refractivity contribution in [3.8, 4) is 0 Å². The van der Waals surface area contributed by atoms with E-state index in [-0.39, 0.29) is 16.7 Å². The molecule has 2 aliphatic rings. The Morgan fingerprint density at radius 3 is 2.23 bits per heavy atom. The van der Waals surface area contributed by atoms with E-state index in [1.165, 1.54) is 45.6 Å². The summed E-state index contributed by atoms with van der Waals surface area (Å²) in [6, 6.07) is 17.9. The third-order valence-electron chi connectivity index (χ3n) is 8.80. The second kappa shape index (κ2) is 14.8. The number of aryl methyl sites for hydroxylation is 1. The van der Waals surface area contributed by atoms with Gasteiger partial charge in [0.05, 0.1) is 16.0 Å².